The van der Waals surface area contributed by atoms with Crippen LogP contribution in [0.25, 0.3) is 11.4 Å². The Morgan fingerprint density at radius 1 is 1.33 bits per heavy atom. The summed E-state index contributed by atoms with van der Waals surface area (Å²) in [6.45, 7) is 2.17. The van der Waals surface area contributed by atoms with E-state index < -0.39 is 0 Å². The van der Waals surface area contributed by atoms with Crippen LogP contribution < -0.4 is 5.32 Å². The molecule has 1 atom stereocenters. The quantitative estimate of drug-likeness (QED) is 0.875. The van der Waals surface area contributed by atoms with Gasteiger partial charge in [0.2, 0.25) is 0 Å². The zero-order chi connectivity index (χ0) is 12.4. The van der Waals surface area contributed by atoms with E-state index in [0.717, 1.165) is 24.5 Å². The van der Waals surface area contributed by atoms with Gasteiger partial charge in [0.15, 0.2) is 0 Å². The van der Waals surface area contributed by atoms with E-state index in [4.69, 9.17) is 0 Å². The molecule has 3 rings (SSSR count). The molecular formula is C14H18N4. The molecule has 0 spiro atoms. The van der Waals surface area contributed by atoms with Crippen molar-refractivity contribution in [3.05, 3.63) is 36.4 Å². The molecule has 4 heteroatoms. The maximum absolute atomic E-state index is 4.60. The summed E-state index contributed by atoms with van der Waals surface area (Å²) >= 11 is 0. The van der Waals surface area contributed by atoms with E-state index in [2.05, 4.69) is 26.9 Å². The first-order chi connectivity index (χ1) is 8.86. The highest BCUT2D eigenvalue weighted by atomic mass is 15.1. The lowest BCUT2D eigenvalue weighted by atomic mass is 9.99. The molecule has 3 heterocycles. The number of aromatic nitrogens is 3. The molecule has 94 valence electrons. The molecule has 0 amide bonds. The summed E-state index contributed by atoms with van der Waals surface area (Å²) in [5.41, 5.74) is 2.08. The van der Waals surface area contributed by atoms with Crippen LogP contribution in [0, 0.1) is 0 Å². The zero-order valence-corrected chi connectivity index (χ0v) is 10.6. The van der Waals surface area contributed by atoms with E-state index in [1.54, 1.807) is 0 Å². The molecule has 0 aliphatic carbocycles. The fourth-order valence-electron chi connectivity index (χ4n) is 2.63. The van der Waals surface area contributed by atoms with Crippen LogP contribution >= 0.6 is 0 Å². The van der Waals surface area contributed by atoms with Crippen molar-refractivity contribution < 1.29 is 0 Å². The minimum atomic E-state index is 0.529. The number of imidazole rings is 1. The molecule has 1 saturated heterocycles. The average Bonchev–Trinajstić information content (AvgIpc) is 2.83. The van der Waals surface area contributed by atoms with E-state index >= 15 is 0 Å². The van der Waals surface area contributed by atoms with Crippen LogP contribution in [0.1, 0.15) is 24.6 Å². The highest BCUT2D eigenvalue weighted by Gasteiger charge is 2.20. The lowest BCUT2D eigenvalue weighted by Gasteiger charge is -2.22. The highest BCUT2D eigenvalue weighted by Crippen LogP contribution is 2.25. The van der Waals surface area contributed by atoms with Crippen LogP contribution in [0.2, 0.25) is 0 Å². The van der Waals surface area contributed by atoms with E-state index in [1.165, 1.54) is 18.7 Å². The van der Waals surface area contributed by atoms with Crippen LogP contribution in [-0.2, 0) is 7.05 Å². The molecular weight excluding hydrogens is 224 g/mol. The second-order valence-electron chi connectivity index (χ2n) is 4.82. The summed E-state index contributed by atoms with van der Waals surface area (Å²) < 4.78 is 2.18. The second-order valence-corrected chi connectivity index (χ2v) is 4.82. The monoisotopic (exact) mass is 242 g/mol. The van der Waals surface area contributed by atoms with E-state index in [9.17, 15) is 0 Å². The molecule has 1 fully saturated rings. The molecule has 1 aliphatic heterocycles. The zero-order valence-electron chi connectivity index (χ0n) is 10.6. The van der Waals surface area contributed by atoms with Crippen molar-refractivity contribution in [2.24, 2.45) is 7.05 Å². The first kappa shape index (κ1) is 11.4. The molecule has 18 heavy (non-hydrogen) atoms. The van der Waals surface area contributed by atoms with Gasteiger partial charge in [0.25, 0.3) is 0 Å². The smallest absolute Gasteiger partial charge is 0.113 e. The number of nitrogens with one attached hydrogen (secondary N) is 1. The Morgan fingerprint density at radius 3 is 3.00 bits per heavy atom. The van der Waals surface area contributed by atoms with Crippen molar-refractivity contribution in [3.8, 4) is 11.4 Å². The van der Waals surface area contributed by atoms with Gasteiger partial charge in [0.05, 0.1) is 17.6 Å². The predicted octanol–water partition coefficient (Wildman–Crippen LogP) is 1.95. The summed E-state index contributed by atoms with van der Waals surface area (Å²) in [6.07, 6.45) is 6.21. The Morgan fingerprint density at radius 2 is 2.28 bits per heavy atom. The molecule has 1 unspecified atom stereocenters. The van der Waals surface area contributed by atoms with Gasteiger partial charge in [-0.2, -0.15) is 0 Å². The highest BCUT2D eigenvalue weighted by molar-refractivity contribution is 5.53. The Labute approximate surface area is 107 Å². The number of piperidine rings is 1. The van der Waals surface area contributed by atoms with Gasteiger partial charge in [0, 0.05) is 25.7 Å². The molecule has 0 radical (unpaired) electrons. The van der Waals surface area contributed by atoms with Gasteiger partial charge in [-0.3, -0.25) is 4.98 Å². The molecule has 2 aromatic rings. The number of rotatable bonds is 2. The maximum Gasteiger partial charge on any atom is 0.113 e. The number of nitrogens with zero attached hydrogens (tertiary/aromatic N) is 3. The summed E-state index contributed by atoms with van der Waals surface area (Å²) in [4.78, 5) is 8.99. The van der Waals surface area contributed by atoms with Crippen molar-refractivity contribution >= 4 is 0 Å². The Balaban J connectivity index is 1.92. The normalized spacial score (nSPS) is 19.9. The van der Waals surface area contributed by atoms with Crippen molar-refractivity contribution in [3.63, 3.8) is 0 Å². The van der Waals surface area contributed by atoms with Crippen LogP contribution in [0.4, 0.5) is 0 Å². The van der Waals surface area contributed by atoms with Gasteiger partial charge in [0.1, 0.15) is 5.82 Å². The van der Waals surface area contributed by atoms with Crippen molar-refractivity contribution in [1.29, 1.82) is 0 Å². The van der Waals surface area contributed by atoms with E-state index in [-0.39, 0.29) is 0 Å². The average molecular weight is 242 g/mol. The summed E-state index contributed by atoms with van der Waals surface area (Å²) in [5.74, 6) is 1.70. The van der Waals surface area contributed by atoms with Crippen LogP contribution in [0.3, 0.4) is 0 Å². The fraction of sp³-hybridized carbons (Fsp3) is 0.429. The number of pyridine rings is 1. The van der Waals surface area contributed by atoms with Gasteiger partial charge in [-0.15, -0.1) is 0 Å². The summed E-state index contributed by atoms with van der Waals surface area (Å²) in [6, 6.07) is 5.98. The first-order valence-corrected chi connectivity index (χ1v) is 6.50. The lowest BCUT2D eigenvalue weighted by molar-refractivity contribution is 0.439. The summed E-state index contributed by atoms with van der Waals surface area (Å²) in [5, 5.41) is 3.44. The Hall–Kier alpha value is -1.68. The molecule has 4 nitrogen and oxygen atoms in total. The van der Waals surface area contributed by atoms with Crippen LogP contribution in [0.5, 0.6) is 0 Å². The van der Waals surface area contributed by atoms with Gasteiger partial charge < -0.3 is 9.88 Å². The fourth-order valence-corrected chi connectivity index (χ4v) is 2.63. The first-order valence-electron chi connectivity index (χ1n) is 6.50. The van der Waals surface area contributed by atoms with Crippen molar-refractivity contribution in [1.82, 2.24) is 19.9 Å². The lowest BCUT2D eigenvalue weighted by Crippen LogP contribution is -2.29. The Kier molecular flexibility index (Phi) is 3.11. The second kappa shape index (κ2) is 4.90. The molecule has 1 aliphatic rings. The number of hydrogen-bond donors (Lipinski definition) is 1. The Bertz CT molecular complexity index is 512. The van der Waals surface area contributed by atoms with Crippen molar-refractivity contribution in [2.45, 2.75) is 18.8 Å². The molecule has 2 aromatic heterocycles. The third-order valence-electron chi connectivity index (χ3n) is 3.61. The standard InChI is InChI=1S/C14H18N4/c1-18-13(12-6-2-3-8-16-12)10-17-14(18)11-5-4-7-15-9-11/h2-3,6,8,10-11,15H,4-5,7,9H2,1H3. The van der Waals surface area contributed by atoms with Gasteiger partial charge in [-0.05, 0) is 31.5 Å². The third kappa shape index (κ3) is 2.04. The van der Waals surface area contributed by atoms with E-state index in [1.807, 2.05) is 30.6 Å². The van der Waals surface area contributed by atoms with Crippen LogP contribution in [-0.4, -0.2) is 27.6 Å². The van der Waals surface area contributed by atoms with E-state index in [0.29, 0.717) is 5.92 Å². The molecule has 1 N–H and O–H groups in total. The van der Waals surface area contributed by atoms with Gasteiger partial charge in [-0.25, -0.2) is 4.98 Å². The molecule has 0 bridgehead atoms. The SMILES string of the molecule is Cn1c(-c2ccccn2)cnc1C1CCCNC1. The maximum atomic E-state index is 4.60. The number of hydrogen-bond acceptors (Lipinski definition) is 3. The van der Waals surface area contributed by atoms with Gasteiger partial charge in [-0.1, -0.05) is 6.07 Å². The molecule has 0 aromatic carbocycles. The summed E-state index contributed by atoms with van der Waals surface area (Å²) in [7, 11) is 2.08. The van der Waals surface area contributed by atoms with Crippen molar-refractivity contribution in [2.75, 3.05) is 13.1 Å². The minimum Gasteiger partial charge on any atom is -0.330 e. The minimum absolute atomic E-state index is 0.529. The topological polar surface area (TPSA) is 42.7 Å². The van der Waals surface area contributed by atoms with Crippen LogP contribution in [0.15, 0.2) is 30.6 Å². The predicted molar refractivity (Wildman–Crippen MR) is 71.3 cm³/mol. The molecule has 0 saturated carbocycles. The largest absolute Gasteiger partial charge is 0.330 e. The third-order valence-corrected chi connectivity index (χ3v) is 3.61. The van der Waals surface area contributed by atoms with Gasteiger partial charge >= 0.3 is 0 Å².